The van der Waals surface area contributed by atoms with E-state index < -0.39 is 0 Å². The maximum absolute atomic E-state index is 13.2. The molecule has 1 fully saturated rings. The average Bonchev–Trinajstić information content (AvgIpc) is 2.35. The monoisotopic (exact) mass is 289 g/mol. The van der Waals surface area contributed by atoms with Crippen molar-refractivity contribution < 1.29 is 4.39 Å². The Morgan fingerprint density at radius 1 is 1.39 bits per heavy atom. The number of piperidine rings is 1. The van der Waals surface area contributed by atoms with E-state index in [0.717, 1.165) is 37.5 Å². The van der Waals surface area contributed by atoms with E-state index in [0.29, 0.717) is 10.9 Å². The molecule has 1 aromatic carbocycles. The highest BCUT2D eigenvalue weighted by atomic mass is 35.5. The molecule has 0 N–H and O–H groups in total. The van der Waals surface area contributed by atoms with E-state index in [1.807, 2.05) is 0 Å². The number of hydrogen-bond donors (Lipinski definition) is 0. The third-order valence-corrected chi connectivity index (χ3v) is 4.11. The molecule has 0 radical (unpaired) electrons. The van der Waals surface area contributed by atoms with Crippen LogP contribution in [0.25, 0.3) is 0 Å². The summed E-state index contributed by atoms with van der Waals surface area (Å²) in [5.74, 6) is 1.17. The van der Waals surface area contributed by atoms with Gasteiger partial charge in [-0.2, -0.15) is 0 Å². The average molecular weight is 290 g/mol. The molecule has 2 rings (SSSR count). The van der Waals surface area contributed by atoms with Crippen molar-refractivity contribution in [3.63, 3.8) is 0 Å². The Morgan fingerprint density at radius 3 is 3.00 bits per heavy atom. The van der Waals surface area contributed by atoms with Gasteiger partial charge in [0.05, 0.1) is 0 Å². The molecule has 0 amide bonds. The van der Waals surface area contributed by atoms with Crippen LogP contribution in [0.15, 0.2) is 18.2 Å². The van der Waals surface area contributed by atoms with E-state index in [4.69, 9.17) is 23.2 Å². The molecular formula is C14H18Cl2FN. The van der Waals surface area contributed by atoms with Crippen molar-refractivity contribution in [2.75, 3.05) is 19.0 Å². The van der Waals surface area contributed by atoms with Crippen LogP contribution in [0.2, 0.25) is 5.02 Å². The smallest absolute Gasteiger partial charge is 0.123 e. The summed E-state index contributed by atoms with van der Waals surface area (Å²) in [7, 11) is 0. The first kappa shape index (κ1) is 14.1. The van der Waals surface area contributed by atoms with Gasteiger partial charge in [-0.1, -0.05) is 11.6 Å². The molecule has 0 aromatic heterocycles. The van der Waals surface area contributed by atoms with Crippen LogP contribution >= 0.6 is 23.2 Å². The van der Waals surface area contributed by atoms with Crippen LogP contribution in [-0.4, -0.2) is 23.9 Å². The third-order valence-electron chi connectivity index (χ3n) is 3.52. The minimum Gasteiger partial charge on any atom is -0.299 e. The summed E-state index contributed by atoms with van der Waals surface area (Å²) in [6, 6.07) is 4.57. The summed E-state index contributed by atoms with van der Waals surface area (Å²) in [6.45, 7) is 2.83. The molecule has 1 aromatic rings. The zero-order chi connectivity index (χ0) is 13.0. The highest BCUT2D eigenvalue weighted by Crippen LogP contribution is 2.24. The number of rotatable bonds is 4. The van der Waals surface area contributed by atoms with E-state index in [1.54, 1.807) is 6.07 Å². The summed E-state index contributed by atoms with van der Waals surface area (Å²) in [5, 5.41) is 0.649. The van der Waals surface area contributed by atoms with Crippen molar-refractivity contribution in [2.45, 2.75) is 25.8 Å². The van der Waals surface area contributed by atoms with Crippen LogP contribution in [0.5, 0.6) is 0 Å². The van der Waals surface area contributed by atoms with Gasteiger partial charge in [-0.3, -0.25) is 4.90 Å². The van der Waals surface area contributed by atoms with Crippen molar-refractivity contribution in [1.29, 1.82) is 0 Å². The first-order chi connectivity index (χ1) is 8.69. The molecule has 1 unspecified atom stereocenters. The molecular weight excluding hydrogens is 272 g/mol. The second-order valence-electron chi connectivity index (χ2n) is 4.96. The second-order valence-corrected chi connectivity index (χ2v) is 5.74. The van der Waals surface area contributed by atoms with Crippen molar-refractivity contribution in [3.05, 3.63) is 34.6 Å². The first-order valence-corrected chi connectivity index (χ1v) is 7.32. The maximum atomic E-state index is 13.2. The lowest BCUT2D eigenvalue weighted by molar-refractivity contribution is 0.165. The topological polar surface area (TPSA) is 3.24 Å². The standard InChI is InChI=1S/C14H18Cl2FN/c15-6-5-11-2-1-7-18(9-11)10-12-8-13(17)3-4-14(12)16/h3-4,8,11H,1-2,5-7,9-10H2. The van der Waals surface area contributed by atoms with E-state index >= 15 is 0 Å². The van der Waals surface area contributed by atoms with Crippen LogP contribution < -0.4 is 0 Å². The number of hydrogen-bond acceptors (Lipinski definition) is 1. The predicted octanol–water partition coefficient (Wildman–Crippen LogP) is 4.32. The van der Waals surface area contributed by atoms with E-state index in [1.165, 1.54) is 25.0 Å². The number of nitrogens with zero attached hydrogens (tertiary/aromatic N) is 1. The SMILES string of the molecule is Fc1ccc(Cl)c(CN2CCCC(CCCl)C2)c1. The van der Waals surface area contributed by atoms with Crippen LogP contribution in [0.3, 0.4) is 0 Å². The molecule has 0 aliphatic carbocycles. The number of halogens is 3. The third kappa shape index (κ3) is 3.84. The van der Waals surface area contributed by atoms with Gasteiger partial charge >= 0.3 is 0 Å². The summed E-state index contributed by atoms with van der Waals surface area (Å²) in [5.41, 5.74) is 0.878. The molecule has 0 saturated carbocycles. The Labute approximate surface area is 118 Å². The lowest BCUT2D eigenvalue weighted by Gasteiger charge is -2.32. The van der Waals surface area contributed by atoms with Crippen LogP contribution in [0, 0.1) is 11.7 Å². The van der Waals surface area contributed by atoms with Crippen LogP contribution in [0.4, 0.5) is 4.39 Å². The maximum Gasteiger partial charge on any atom is 0.123 e. The highest BCUT2D eigenvalue weighted by molar-refractivity contribution is 6.31. The molecule has 1 nitrogen and oxygen atoms in total. The molecule has 1 heterocycles. The molecule has 1 saturated heterocycles. The van der Waals surface area contributed by atoms with E-state index in [2.05, 4.69) is 4.90 Å². The summed E-state index contributed by atoms with van der Waals surface area (Å²) in [6.07, 6.45) is 3.50. The van der Waals surface area contributed by atoms with Gasteiger partial charge < -0.3 is 0 Å². The molecule has 1 aliphatic rings. The number of benzene rings is 1. The molecule has 0 bridgehead atoms. The predicted molar refractivity (Wildman–Crippen MR) is 74.7 cm³/mol. The number of alkyl halides is 1. The van der Waals surface area contributed by atoms with Gasteiger partial charge in [0.2, 0.25) is 0 Å². The van der Waals surface area contributed by atoms with Crippen LogP contribution in [0.1, 0.15) is 24.8 Å². The zero-order valence-corrected chi connectivity index (χ0v) is 11.9. The molecule has 4 heteroatoms. The molecule has 1 aliphatic heterocycles. The second kappa shape index (κ2) is 6.74. The minimum absolute atomic E-state index is 0.219. The zero-order valence-electron chi connectivity index (χ0n) is 10.3. The van der Waals surface area contributed by atoms with Gasteiger partial charge in [0.1, 0.15) is 5.82 Å². The lowest BCUT2D eigenvalue weighted by Crippen LogP contribution is -2.35. The Hall–Kier alpha value is -0.310. The Bertz CT molecular complexity index is 395. The van der Waals surface area contributed by atoms with Gasteiger partial charge in [0.15, 0.2) is 0 Å². The summed E-state index contributed by atoms with van der Waals surface area (Å²) in [4.78, 5) is 2.35. The molecule has 0 spiro atoms. The number of likely N-dealkylation sites (tertiary alicyclic amines) is 1. The molecule has 1 atom stereocenters. The van der Waals surface area contributed by atoms with Crippen molar-refractivity contribution in [1.82, 2.24) is 4.90 Å². The Balaban J connectivity index is 1.98. The van der Waals surface area contributed by atoms with Gasteiger partial charge in [0, 0.05) is 24.0 Å². The summed E-state index contributed by atoms with van der Waals surface area (Å²) >= 11 is 11.9. The van der Waals surface area contributed by atoms with E-state index in [9.17, 15) is 4.39 Å². The highest BCUT2D eigenvalue weighted by Gasteiger charge is 2.20. The Morgan fingerprint density at radius 2 is 2.22 bits per heavy atom. The van der Waals surface area contributed by atoms with E-state index in [-0.39, 0.29) is 5.82 Å². The minimum atomic E-state index is -0.219. The fourth-order valence-corrected chi connectivity index (χ4v) is 3.08. The summed E-state index contributed by atoms with van der Waals surface area (Å²) < 4.78 is 13.2. The van der Waals surface area contributed by atoms with Gasteiger partial charge in [-0.15, -0.1) is 11.6 Å². The lowest BCUT2D eigenvalue weighted by atomic mass is 9.95. The Kier molecular flexibility index (Phi) is 5.28. The fraction of sp³-hybridized carbons (Fsp3) is 0.571. The fourth-order valence-electron chi connectivity index (χ4n) is 2.59. The van der Waals surface area contributed by atoms with Gasteiger partial charge in [-0.25, -0.2) is 4.39 Å². The molecule has 100 valence electrons. The quantitative estimate of drug-likeness (QED) is 0.746. The normalized spacial score (nSPS) is 21.2. The van der Waals surface area contributed by atoms with Crippen molar-refractivity contribution in [3.8, 4) is 0 Å². The van der Waals surface area contributed by atoms with Gasteiger partial charge in [-0.05, 0) is 55.5 Å². The largest absolute Gasteiger partial charge is 0.299 e. The van der Waals surface area contributed by atoms with Gasteiger partial charge in [0.25, 0.3) is 0 Å². The first-order valence-electron chi connectivity index (χ1n) is 6.41. The van der Waals surface area contributed by atoms with Crippen molar-refractivity contribution >= 4 is 23.2 Å². The molecule has 18 heavy (non-hydrogen) atoms. The van der Waals surface area contributed by atoms with Crippen LogP contribution in [-0.2, 0) is 6.54 Å². The van der Waals surface area contributed by atoms with Crippen molar-refractivity contribution in [2.24, 2.45) is 5.92 Å².